The number of amides is 1. The van der Waals surface area contributed by atoms with Crippen molar-refractivity contribution in [2.45, 2.75) is 38.3 Å². The summed E-state index contributed by atoms with van der Waals surface area (Å²) in [7, 11) is 0. The van der Waals surface area contributed by atoms with Crippen LogP contribution in [0.4, 0.5) is 5.69 Å². The number of carbonyl (C=O) groups is 1. The molecular formula is C18H26N2O3. The van der Waals surface area contributed by atoms with Crippen LogP contribution in [-0.4, -0.2) is 54.4 Å². The molecule has 2 unspecified atom stereocenters. The van der Waals surface area contributed by atoms with Gasteiger partial charge >= 0.3 is 0 Å². The molecule has 2 N–H and O–H groups in total. The Bertz CT molecular complexity index is 541. The minimum Gasteiger partial charge on any atom is -0.396 e. The van der Waals surface area contributed by atoms with Crippen molar-refractivity contribution in [3.05, 3.63) is 29.8 Å². The Labute approximate surface area is 137 Å². The number of hydrogen-bond donors (Lipinski definition) is 2. The number of piperidine rings is 1. The Morgan fingerprint density at radius 3 is 2.78 bits per heavy atom. The molecule has 0 aliphatic carbocycles. The van der Waals surface area contributed by atoms with Crippen LogP contribution in [0.2, 0.25) is 0 Å². The van der Waals surface area contributed by atoms with E-state index in [2.05, 4.69) is 12.2 Å². The number of hydrogen-bond acceptors (Lipinski definition) is 4. The van der Waals surface area contributed by atoms with Crippen LogP contribution in [0.25, 0.3) is 0 Å². The fourth-order valence-corrected chi connectivity index (χ4v) is 3.38. The van der Waals surface area contributed by atoms with Gasteiger partial charge in [0.05, 0.1) is 12.1 Å². The van der Waals surface area contributed by atoms with Gasteiger partial charge in [-0.05, 0) is 50.3 Å². The summed E-state index contributed by atoms with van der Waals surface area (Å²) in [6.45, 7) is 4.55. The molecule has 0 saturated carbocycles. The van der Waals surface area contributed by atoms with Gasteiger partial charge in [0.25, 0.3) is 5.91 Å². The van der Waals surface area contributed by atoms with E-state index >= 15 is 0 Å². The zero-order valence-electron chi connectivity index (χ0n) is 13.7. The van der Waals surface area contributed by atoms with Crippen molar-refractivity contribution in [3.63, 3.8) is 0 Å². The van der Waals surface area contributed by atoms with E-state index in [0.717, 1.165) is 50.2 Å². The highest BCUT2D eigenvalue weighted by molar-refractivity contribution is 5.95. The maximum absolute atomic E-state index is 12.7. The zero-order valence-corrected chi connectivity index (χ0v) is 13.7. The number of rotatable bonds is 4. The first-order valence-electron chi connectivity index (χ1n) is 8.55. The third-order valence-corrected chi connectivity index (χ3v) is 5.00. The van der Waals surface area contributed by atoms with Gasteiger partial charge < -0.3 is 20.1 Å². The highest BCUT2D eigenvalue weighted by Crippen LogP contribution is 2.22. The molecular weight excluding hydrogens is 292 g/mol. The van der Waals surface area contributed by atoms with Crippen molar-refractivity contribution in [2.24, 2.45) is 5.92 Å². The van der Waals surface area contributed by atoms with Crippen LogP contribution in [0.15, 0.2) is 24.3 Å². The monoisotopic (exact) mass is 318 g/mol. The lowest BCUT2D eigenvalue weighted by atomic mass is 9.97. The van der Waals surface area contributed by atoms with Gasteiger partial charge in [-0.25, -0.2) is 0 Å². The fraction of sp³-hybridized carbons (Fsp3) is 0.611. The van der Waals surface area contributed by atoms with Crippen LogP contribution in [0.5, 0.6) is 0 Å². The first kappa shape index (κ1) is 16.3. The lowest BCUT2D eigenvalue weighted by molar-refractivity contribution is 0.0651. The number of benzene rings is 1. The topological polar surface area (TPSA) is 61.8 Å². The SMILES string of the molecule is CC1OCCC1Nc1cccc(C(=O)N2CCC(CO)CC2)c1. The van der Waals surface area contributed by atoms with E-state index in [-0.39, 0.29) is 18.6 Å². The summed E-state index contributed by atoms with van der Waals surface area (Å²) in [5.74, 6) is 0.427. The van der Waals surface area contributed by atoms with E-state index < -0.39 is 0 Å². The van der Waals surface area contributed by atoms with Crippen LogP contribution in [0, 0.1) is 5.92 Å². The number of likely N-dealkylation sites (tertiary alicyclic amines) is 1. The molecule has 23 heavy (non-hydrogen) atoms. The maximum Gasteiger partial charge on any atom is 0.253 e. The Balaban J connectivity index is 1.63. The average Bonchev–Trinajstić information content (AvgIpc) is 2.99. The molecule has 5 heteroatoms. The summed E-state index contributed by atoms with van der Waals surface area (Å²) in [6, 6.07) is 8.04. The Morgan fingerprint density at radius 2 is 2.13 bits per heavy atom. The summed E-state index contributed by atoms with van der Waals surface area (Å²) in [6.07, 6.45) is 2.97. The standard InChI is InChI=1S/C18H26N2O3/c1-13-17(7-10-23-13)19-16-4-2-3-15(11-16)18(22)20-8-5-14(12-21)6-9-20/h2-4,11,13-14,17,19,21H,5-10,12H2,1H3. The molecule has 0 spiro atoms. The number of nitrogens with zero attached hydrogens (tertiary/aromatic N) is 1. The molecule has 2 fully saturated rings. The van der Waals surface area contributed by atoms with Gasteiger partial charge in [-0.15, -0.1) is 0 Å². The Kier molecular flexibility index (Phi) is 5.18. The van der Waals surface area contributed by atoms with Crippen molar-refractivity contribution >= 4 is 11.6 Å². The van der Waals surface area contributed by atoms with Crippen LogP contribution in [0.1, 0.15) is 36.5 Å². The van der Waals surface area contributed by atoms with Crippen molar-refractivity contribution in [3.8, 4) is 0 Å². The van der Waals surface area contributed by atoms with Gasteiger partial charge in [-0.1, -0.05) is 6.07 Å². The minimum absolute atomic E-state index is 0.0840. The summed E-state index contributed by atoms with van der Waals surface area (Å²) >= 11 is 0. The molecule has 0 bridgehead atoms. The molecule has 2 aliphatic rings. The van der Waals surface area contributed by atoms with Gasteiger partial charge in [-0.2, -0.15) is 0 Å². The molecule has 5 nitrogen and oxygen atoms in total. The van der Waals surface area contributed by atoms with Crippen LogP contribution in [0.3, 0.4) is 0 Å². The molecule has 1 aromatic carbocycles. The molecule has 2 heterocycles. The summed E-state index contributed by atoms with van der Waals surface area (Å²) < 4.78 is 5.57. The second-order valence-corrected chi connectivity index (χ2v) is 6.61. The van der Waals surface area contributed by atoms with Crippen molar-refractivity contribution in [1.82, 2.24) is 4.90 Å². The van der Waals surface area contributed by atoms with Crippen LogP contribution >= 0.6 is 0 Å². The van der Waals surface area contributed by atoms with Crippen LogP contribution in [-0.2, 0) is 4.74 Å². The number of ether oxygens (including phenoxy) is 1. The second-order valence-electron chi connectivity index (χ2n) is 6.61. The zero-order chi connectivity index (χ0) is 16.2. The van der Waals surface area contributed by atoms with Crippen molar-refractivity contribution in [1.29, 1.82) is 0 Å². The summed E-state index contributed by atoms with van der Waals surface area (Å²) in [5, 5.41) is 12.7. The minimum atomic E-state index is 0.0840. The van der Waals surface area contributed by atoms with E-state index in [1.807, 2.05) is 29.2 Å². The Morgan fingerprint density at radius 1 is 1.35 bits per heavy atom. The number of carbonyl (C=O) groups excluding carboxylic acids is 1. The normalized spacial score (nSPS) is 25.6. The largest absolute Gasteiger partial charge is 0.396 e. The van der Waals surface area contributed by atoms with E-state index in [1.165, 1.54) is 0 Å². The predicted molar refractivity (Wildman–Crippen MR) is 89.6 cm³/mol. The smallest absolute Gasteiger partial charge is 0.253 e. The molecule has 2 aliphatic heterocycles. The molecule has 1 amide bonds. The lowest BCUT2D eigenvalue weighted by Crippen LogP contribution is -2.39. The first-order chi connectivity index (χ1) is 11.2. The van der Waals surface area contributed by atoms with Gasteiger partial charge in [0.1, 0.15) is 0 Å². The van der Waals surface area contributed by atoms with Crippen molar-refractivity contribution in [2.75, 3.05) is 31.6 Å². The quantitative estimate of drug-likeness (QED) is 0.893. The molecule has 126 valence electrons. The van der Waals surface area contributed by atoms with E-state index in [9.17, 15) is 9.90 Å². The van der Waals surface area contributed by atoms with Crippen LogP contribution < -0.4 is 5.32 Å². The first-order valence-corrected chi connectivity index (χ1v) is 8.55. The average molecular weight is 318 g/mol. The molecule has 2 saturated heterocycles. The summed E-state index contributed by atoms with van der Waals surface area (Å²) in [4.78, 5) is 14.6. The van der Waals surface area contributed by atoms with E-state index in [0.29, 0.717) is 12.0 Å². The molecule has 3 rings (SSSR count). The third kappa shape index (κ3) is 3.85. The molecule has 0 radical (unpaired) electrons. The highest BCUT2D eigenvalue weighted by Gasteiger charge is 2.25. The highest BCUT2D eigenvalue weighted by atomic mass is 16.5. The van der Waals surface area contributed by atoms with Gasteiger partial charge in [-0.3, -0.25) is 4.79 Å². The second kappa shape index (κ2) is 7.32. The number of anilines is 1. The van der Waals surface area contributed by atoms with Gasteiger partial charge in [0, 0.05) is 37.6 Å². The predicted octanol–water partition coefficient (Wildman–Crippen LogP) is 2.12. The van der Waals surface area contributed by atoms with Crippen molar-refractivity contribution < 1.29 is 14.6 Å². The van der Waals surface area contributed by atoms with E-state index in [1.54, 1.807) is 0 Å². The van der Waals surface area contributed by atoms with E-state index in [4.69, 9.17) is 4.74 Å². The lowest BCUT2D eigenvalue weighted by Gasteiger charge is -2.31. The number of aliphatic hydroxyl groups excluding tert-OH is 1. The molecule has 2 atom stereocenters. The number of nitrogens with one attached hydrogen (secondary N) is 1. The molecule has 1 aromatic rings. The van der Waals surface area contributed by atoms with Gasteiger partial charge in [0.15, 0.2) is 0 Å². The third-order valence-electron chi connectivity index (χ3n) is 5.00. The number of aliphatic hydroxyl groups is 1. The maximum atomic E-state index is 12.7. The summed E-state index contributed by atoms with van der Waals surface area (Å²) in [5.41, 5.74) is 1.70. The Hall–Kier alpha value is -1.59. The molecule has 0 aromatic heterocycles. The van der Waals surface area contributed by atoms with Gasteiger partial charge in [0.2, 0.25) is 0 Å². The fourth-order valence-electron chi connectivity index (χ4n) is 3.38.